The minimum absolute atomic E-state index is 0.427. The SMILES string of the molecule is CCCCCC(C)(O)CC(C)CCC. The van der Waals surface area contributed by atoms with E-state index < -0.39 is 5.60 Å². The molecule has 0 aliphatic carbocycles. The molecule has 0 bridgehead atoms. The summed E-state index contributed by atoms with van der Waals surface area (Å²) in [6, 6.07) is 0. The quantitative estimate of drug-likeness (QED) is 0.584. The Labute approximate surface area is 89.9 Å². The van der Waals surface area contributed by atoms with Crippen LogP contribution in [0, 0.1) is 5.92 Å². The van der Waals surface area contributed by atoms with Gasteiger partial charge in [-0.1, -0.05) is 52.9 Å². The average molecular weight is 200 g/mol. The first-order valence-electron chi connectivity index (χ1n) is 6.24. The van der Waals surface area contributed by atoms with Crippen molar-refractivity contribution in [3.63, 3.8) is 0 Å². The van der Waals surface area contributed by atoms with Crippen molar-refractivity contribution in [3.8, 4) is 0 Å². The molecule has 0 rings (SSSR count). The molecule has 1 nitrogen and oxygen atoms in total. The van der Waals surface area contributed by atoms with Gasteiger partial charge in [-0.2, -0.15) is 0 Å². The molecule has 0 heterocycles. The van der Waals surface area contributed by atoms with Crippen molar-refractivity contribution in [2.45, 2.75) is 78.2 Å². The molecule has 0 amide bonds. The van der Waals surface area contributed by atoms with E-state index >= 15 is 0 Å². The minimum Gasteiger partial charge on any atom is -0.390 e. The molecular weight excluding hydrogens is 172 g/mol. The third-order valence-corrected chi connectivity index (χ3v) is 2.89. The van der Waals surface area contributed by atoms with E-state index in [2.05, 4.69) is 20.8 Å². The Morgan fingerprint density at radius 3 is 2.29 bits per heavy atom. The predicted octanol–water partition coefficient (Wildman–Crippen LogP) is 4.14. The fourth-order valence-electron chi connectivity index (χ4n) is 2.20. The monoisotopic (exact) mass is 200 g/mol. The molecule has 0 aliphatic heterocycles. The summed E-state index contributed by atoms with van der Waals surface area (Å²) in [5.41, 5.74) is -0.427. The summed E-state index contributed by atoms with van der Waals surface area (Å²) < 4.78 is 0. The van der Waals surface area contributed by atoms with E-state index in [1.165, 1.54) is 32.1 Å². The third-order valence-electron chi connectivity index (χ3n) is 2.89. The molecule has 0 aromatic heterocycles. The van der Waals surface area contributed by atoms with Crippen molar-refractivity contribution in [2.24, 2.45) is 5.92 Å². The van der Waals surface area contributed by atoms with Gasteiger partial charge < -0.3 is 5.11 Å². The number of hydrogen-bond donors (Lipinski definition) is 1. The molecule has 86 valence electrons. The zero-order chi connectivity index (χ0) is 11.0. The van der Waals surface area contributed by atoms with E-state index in [0.717, 1.165) is 12.8 Å². The fourth-order valence-corrected chi connectivity index (χ4v) is 2.20. The topological polar surface area (TPSA) is 20.2 Å². The van der Waals surface area contributed by atoms with E-state index in [1.54, 1.807) is 0 Å². The van der Waals surface area contributed by atoms with Gasteiger partial charge in [-0.25, -0.2) is 0 Å². The van der Waals surface area contributed by atoms with Crippen molar-refractivity contribution in [3.05, 3.63) is 0 Å². The van der Waals surface area contributed by atoms with E-state index in [1.807, 2.05) is 6.92 Å². The standard InChI is InChI=1S/C13H28O/c1-5-7-8-10-13(4,14)11-12(3)9-6-2/h12,14H,5-11H2,1-4H3. The summed E-state index contributed by atoms with van der Waals surface area (Å²) >= 11 is 0. The largest absolute Gasteiger partial charge is 0.390 e. The summed E-state index contributed by atoms with van der Waals surface area (Å²) in [6.45, 7) is 8.66. The Morgan fingerprint density at radius 2 is 1.79 bits per heavy atom. The van der Waals surface area contributed by atoms with Crippen molar-refractivity contribution >= 4 is 0 Å². The first-order valence-corrected chi connectivity index (χ1v) is 6.24. The van der Waals surface area contributed by atoms with E-state index in [9.17, 15) is 5.11 Å². The fraction of sp³-hybridized carbons (Fsp3) is 1.00. The Bertz CT molecular complexity index is 129. The van der Waals surface area contributed by atoms with Crippen LogP contribution in [0.5, 0.6) is 0 Å². The number of rotatable bonds is 8. The molecule has 2 unspecified atom stereocenters. The van der Waals surface area contributed by atoms with Gasteiger partial charge in [0.2, 0.25) is 0 Å². The number of aliphatic hydroxyl groups is 1. The van der Waals surface area contributed by atoms with Crippen molar-refractivity contribution in [2.75, 3.05) is 0 Å². The van der Waals surface area contributed by atoms with Crippen LogP contribution in [-0.4, -0.2) is 10.7 Å². The normalized spacial score (nSPS) is 17.8. The lowest BCUT2D eigenvalue weighted by Gasteiger charge is -2.26. The van der Waals surface area contributed by atoms with Crippen LogP contribution in [0.25, 0.3) is 0 Å². The molecule has 2 atom stereocenters. The predicted molar refractivity (Wildman–Crippen MR) is 63.5 cm³/mol. The van der Waals surface area contributed by atoms with Gasteiger partial charge >= 0.3 is 0 Å². The maximum Gasteiger partial charge on any atom is 0.0622 e. The zero-order valence-electron chi connectivity index (χ0n) is 10.5. The molecule has 1 N–H and O–H groups in total. The first kappa shape index (κ1) is 14.0. The summed E-state index contributed by atoms with van der Waals surface area (Å²) in [5.74, 6) is 0.664. The Morgan fingerprint density at radius 1 is 1.14 bits per heavy atom. The van der Waals surface area contributed by atoms with E-state index in [0.29, 0.717) is 5.92 Å². The van der Waals surface area contributed by atoms with Gasteiger partial charge in [-0.15, -0.1) is 0 Å². The molecule has 0 aromatic carbocycles. The lowest BCUT2D eigenvalue weighted by Crippen LogP contribution is -2.26. The summed E-state index contributed by atoms with van der Waals surface area (Å²) in [5, 5.41) is 10.1. The van der Waals surface area contributed by atoms with Crippen molar-refractivity contribution in [1.82, 2.24) is 0 Å². The van der Waals surface area contributed by atoms with Gasteiger partial charge in [-0.05, 0) is 25.7 Å². The van der Waals surface area contributed by atoms with Gasteiger partial charge in [0.25, 0.3) is 0 Å². The molecule has 1 heteroatoms. The molecule has 0 fully saturated rings. The summed E-state index contributed by atoms with van der Waals surface area (Å²) in [7, 11) is 0. The summed E-state index contributed by atoms with van der Waals surface area (Å²) in [4.78, 5) is 0. The molecule has 0 saturated carbocycles. The Hall–Kier alpha value is -0.0400. The second kappa shape index (κ2) is 7.28. The van der Waals surface area contributed by atoms with Gasteiger partial charge in [0.1, 0.15) is 0 Å². The van der Waals surface area contributed by atoms with Crippen LogP contribution in [0.15, 0.2) is 0 Å². The molecule has 0 aromatic rings. The van der Waals surface area contributed by atoms with Crippen LogP contribution < -0.4 is 0 Å². The van der Waals surface area contributed by atoms with Crippen LogP contribution >= 0.6 is 0 Å². The van der Waals surface area contributed by atoms with Gasteiger partial charge in [0, 0.05) is 0 Å². The maximum atomic E-state index is 10.1. The zero-order valence-corrected chi connectivity index (χ0v) is 10.5. The minimum atomic E-state index is -0.427. The van der Waals surface area contributed by atoms with Crippen LogP contribution in [0.1, 0.15) is 72.6 Å². The van der Waals surface area contributed by atoms with Gasteiger partial charge in [0.15, 0.2) is 0 Å². The lowest BCUT2D eigenvalue weighted by molar-refractivity contribution is 0.0241. The lowest BCUT2D eigenvalue weighted by atomic mass is 9.86. The molecule has 0 radical (unpaired) electrons. The second-order valence-corrected chi connectivity index (χ2v) is 5.05. The highest BCUT2D eigenvalue weighted by Gasteiger charge is 2.22. The molecule has 14 heavy (non-hydrogen) atoms. The van der Waals surface area contributed by atoms with Crippen molar-refractivity contribution in [1.29, 1.82) is 0 Å². The maximum absolute atomic E-state index is 10.1. The van der Waals surface area contributed by atoms with Crippen LogP contribution in [0.2, 0.25) is 0 Å². The van der Waals surface area contributed by atoms with Crippen LogP contribution in [0.3, 0.4) is 0 Å². The highest BCUT2D eigenvalue weighted by Crippen LogP contribution is 2.25. The molecular formula is C13H28O. The average Bonchev–Trinajstić information content (AvgIpc) is 2.03. The van der Waals surface area contributed by atoms with Crippen molar-refractivity contribution < 1.29 is 5.11 Å². The summed E-state index contributed by atoms with van der Waals surface area (Å²) in [6.07, 6.45) is 8.05. The number of unbranched alkanes of at least 4 members (excludes halogenated alkanes) is 2. The Balaban J connectivity index is 3.69. The molecule has 0 spiro atoms. The highest BCUT2D eigenvalue weighted by atomic mass is 16.3. The molecule has 0 saturated heterocycles. The second-order valence-electron chi connectivity index (χ2n) is 5.05. The molecule has 0 aliphatic rings. The van der Waals surface area contributed by atoms with E-state index in [4.69, 9.17) is 0 Å². The highest BCUT2D eigenvalue weighted by molar-refractivity contribution is 4.75. The number of hydrogen-bond acceptors (Lipinski definition) is 1. The van der Waals surface area contributed by atoms with Crippen LogP contribution in [0.4, 0.5) is 0 Å². The smallest absolute Gasteiger partial charge is 0.0622 e. The van der Waals surface area contributed by atoms with E-state index in [-0.39, 0.29) is 0 Å². The van der Waals surface area contributed by atoms with Gasteiger partial charge in [-0.3, -0.25) is 0 Å². The first-order chi connectivity index (χ1) is 6.52. The van der Waals surface area contributed by atoms with Crippen LogP contribution in [-0.2, 0) is 0 Å². The van der Waals surface area contributed by atoms with Gasteiger partial charge in [0.05, 0.1) is 5.60 Å². The Kier molecular flexibility index (Phi) is 7.26. The third kappa shape index (κ3) is 7.37.